The van der Waals surface area contributed by atoms with Gasteiger partial charge in [-0.05, 0) is 97.5 Å². The van der Waals surface area contributed by atoms with Crippen LogP contribution < -0.4 is 10.6 Å². The minimum absolute atomic E-state index is 0.469. The standard InChI is InChI=1S/C42H32N6/c1-25-7-5-9-31(19-25)45-39-33-17-11-27(3)21-37(33)47-41(39)35(23-43)29-13-15-30(16-14-29)36(24-44)42-40(46-32-10-6-8-26(2)20-32)34-18-12-28(4)22-38(34)48-42/h5-22,47-48H,1-4H3/b41-35-,42-36-,45-39?,46-40?. The molecule has 2 aliphatic rings. The normalized spacial score (nSPS) is 16.8. The average molecular weight is 621 g/mol. The molecule has 0 spiro atoms. The smallest absolute Gasteiger partial charge is 0.102 e. The van der Waals surface area contributed by atoms with E-state index in [1.807, 2.05) is 113 Å². The van der Waals surface area contributed by atoms with E-state index in [0.717, 1.165) is 78.7 Å². The van der Waals surface area contributed by atoms with Gasteiger partial charge in [-0.25, -0.2) is 9.98 Å². The Labute approximate surface area is 280 Å². The summed E-state index contributed by atoms with van der Waals surface area (Å²) in [5, 5.41) is 28.0. The Balaban J connectivity index is 1.33. The van der Waals surface area contributed by atoms with Crippen molar-refractivity contribution >= 4 is 45.3 Å². The maximum atomic E-state index is 10.5. The lowest BCUT2D eigenvalue weighted by molar-refractivity contribution is 1.42. The van der Waals surface area contributed by atoms with E-state index in [2.05, 4.69) is 47.0 Å². The van der Waals surface area contributed by atoms with Crippen molar-refractivity contribution < 1.29 is 0 Å². The summed E-state index contributed by atoms with van der Waals surface area (Å²) in [6, 6.07) is 40.8. The molecule has 0 aliphatic carbocycles. The summed E-state index contributed by atoms with van der Waals surface area (Å²) in [5.41, 5.74) is 14.9. The van der Waals surface area contributed by atoms with E-state index >= 15 is 0 Å². The van der Waals surface area contributed by atoms with Crippen molar-refractivity contribution in [3.63, 3.8) is 0 Å². The molecule has 0 atom stereocenters. The van der Waals surface area contributed by atoms with Crippen molar-refractivity contribution in [3.8, 4) is 12.1 Å². The molecule has 0 fully saturated rings. The Morgan fingerprint density at radius 3 is 1.27 bits per heavy atom. The second-order valence-electron chi connectivity index (χ2n) is 12.2. The van der Waals surface area contributed by atoms with Crippen molar-refractivity contribution in [1.29, 1.82) is 10.5 Å². The number of aliphatic imine (C=N–C) groups is 2. The van der Waals surface area contributed by atoms with Crippen LogP contribution in [-0.2, 0) is 0 Å². The summed E-state index contributed by atoms with van der Waals surface area (Å²) >= 11 is 0. The van der Waals surface area contributed by atoms with Crippen LogP contribution >= 0.6 is 0 Å². The van der Waals surface area contributed by atoms with Gasteiger partial charge in [-0.3, -0.25) is 0 Å². The number of fused-ring (bicyclic) bond motifs is 2. The number of benzene rings is 5. The van der Waals surface area contributed by atoms with E-state index in [9.17, 15) is 10.5 Å². The van der Waals surface area contributed by atoms with E-state index in [0.29, 0.717) is 22.5 Å². The fourth-order valence-electron chi connectivity index (χ4n) is 6.17. The first-order valence-corrected chi connectivity index (χ1v) is 15.8. The second-order valence-corrected chi connectivity index (χ2v) is 12.2. The molecule has 0 unspecified atom stereocenters. The third kappa shape index (κ3) is 5.68. The maximum absolute atomic E-state index is 10.5. The molecule has 5 aromatic carbocycles. The number of allylic oxidation sites excluding steroid dienone is 4. The van der Waals surface area contributed by atoms with Crippen molar-refractivity contribution in [1.82, 2.24) is 0 Å². The zero-order valence-electron chi connectivity index (χ0n) is 27.2. The average Bonchev–Trinajstić information content (AvgIpc) is 3.59. The van der Waals surface area contributed by atoms with Gasteiger partial charge in [0.15, 0.2) is 0 Å². The number of nitrogens with zero attached hydrogens (tertiary/aromatic N) is 4. The van der Waals surface area contributed by atoms with Crippen LogP contribution in [0.4, 0.5) is 22.7 Å². The lowest BCUT2D eigenvalue weighted by Crippen LogP contribution is -2.07. The molecule has 2 heterocycles. The van der Waals surface area contributed by atoms with Gasteiger partial charge < -0.3 is 10.6 Å². The number of rotatable bonds is 4. The number of nitriles is 2. The lowest BCUT2D eigenvalue weighted by atomic mass is 9.96. The molecule has 6 heteroatoms. The number of hydrogen-bond acceptors (Lipinski definition) is 6. The Morgan fingerprint density at radius 2 is 0.896 bits per heavy atom. The van der Waals surface area contributed by atoms with E-state index in [4.69, 9.17) is 9.98 Å². The summed E-state index contributed by atoms with van der Waals surface area (Å²) in [4.78, 5) is 10.0. The molecule has 2 N–H and O–H groups in total. The molecule has 0 bridgehead atoms. The Bertz CT molecular complexity index is 2170. The first kappa shape index (κ1) is 30.2. The summed E-state index contributed by atoms with van der Waals surface area (Å²) in [5.74, 6) is 0. The molecule has 0 amide bonds. The molecular formula is C42H32N6. The Kier molecular flexibility index (Phi) is 7.77. The van der Waals surface area contributed by atoms with E-state index in [-0.39, 0.29) is 0 Å². The topological polar surface area (TPSA) is 96.4 Å². The third-order valence-corrected chi connectivity index (χ3v) is 8.52. The molecule has 5 aromatic rings. The van der Waals surface area contributed by atoms with Gasteiger partial charge in [-0.2, -0.15) is 10.5 Å². The van der Waals surface area contributed by atoms with Gasteiger partial charge in [-0.1, -0.05) is 72.8 Å². The van der Waals surface area contributed by atoms with E-state index in [1.165, 1.54) is 0 Å². The molecule has 0 saturated carbocycles. The highest BCUT2D eigenvalue weighted by Crippen LogP contribution is 2.38. The van der Waals surface area contributed by atoms with Crippen molar-refractivity contribution in [2.24, 2.45) is 9.98 Å². The lowest BCUT2D eigenvalue weighted by Gasteiger charge is -2.10. The number of anilines is 2. The largest absolute Gasteiger partial charge is 0.352 e. The molecule has 48 heavy (non-hydrogen) atoms. The Hall–Kier alpha value is -6.50. The first-order chi connectivity index (χ1) is 23.3. The third-order valence-electron chi connectivity index (χ3n) is 8.52. The fourth-order valence-corrected chi connectivity index (χ4v) is 6.17. The van der Waals surface area contributed by atoms with Crippen LogP contribution in [0.2, 0.25) is 0 Å². The Morgan fingerprint density at radius 1 is 0.500 bits per heavy atom. The first-order valence-electron chi connectivity index (χ1n) is 15.8. The van der Waals surface area contributed by atoms with Crippen molar-refractivity contribution in [3.05, 3.63) is 165 Å². The minimum Gasteiger partial charge on any atom is -0.352 e. The molecule has 0 radical (unpaired) electrons. The zero-order valence-corrected chi connectivity index (χ0v) is 27.2. The number of hydrogen-bond donors (Lipinski definition) is 2. The SMILES string of the molecule is Cc1cccc(N=C2/C(=C(\C#N)c3ccc(/C(C#N)=C4\Nc5cc(C)ccc5C4=Nc4cccc(C)c4)cc3)Nc3cc(C)ccc32)c1. The number of aryl methyl sites for hydroxylation is 4. The van der Waals surface area contributed by atoms with Crippen LogP contribution in [-0.4, -0.2) is 11.4 Å². The highest BCUT2D eigenvalue weighted by Gasteiger charge is 2.29. The molecule has 6 nitrogen and oxygen atoms in total. The van der Waals surface area contributed by atoms with Crippen LogP contribution in [0.1, 0.15) is 44.5 Å². The summed E-state index contributed by atoms with van der Waals surface area (Å²) in [6.07, 6.45) is 0. The van der Waals surface area contributed by atoms with Gasteiger partial charge in [0.1, 0.15) is 12.1 Å². The van der Waals surface area contributed by atoms with Gasteiger partial charge in [-0.15, -0.1) is 0 Å². The molecule has 0 saturated heterocycles. The monoisotopic (exact) mass is 620 g/mol. The highest BCUT2D eigenvalue weighted by molar-refractivity contribution is 6.27. The van der Waals surface area contributed by atoms with Gasteiger partial charge in [0.05, 0.1) is 45.3 Å². The molecule has 7 rings (SSSR count). The van der Waals surface area contributed by atoms with Gasteiger partial charge in [0.25, 0.3) is 0 Å². The van der Waals surface area contributed by atoms with Crippen LogP contribution in [0.25, 0.3) is 11.1 Å². The molecule has 2 aliphatic heterocycles. The van der Waals surface area contributed by atoms with Crippen molar-refractivity contribution in [2.45, 2.75) is 27.7 Å². The predicted molar refractivity (Wildman–Crippen MR) is 196 cm³/mol. The van der Waals surface area contributed by atoms with Crippen LogP contribution in [0.5, 0.6) is 0 Å². The molecular weight excluding hydrogens is 589 g/mol. The summed E-state index contributed by atoms with van der Waals surface area (Å²) in [7, 11) is 0. The predicted octanol–water partition coefficient (Wildman–Crippen LogP) is 9.88. The zero-order chi connectivity index (χ0) is 33.4. The van der Waals surface area contributed by atoms with Crippen LogP contribution in [0.15, 0.2) is 131 Å². The minimum atomic E-state index is 0.469. The van der Waals surface area contributed by atoms with Crippen LogP contribution in [0.3, 0.4) is 0 Å². The molecule has 230 valence electrons. The summed E-state index contributed by atoms with van der Waals surface area (Å²) in [6.45, 7) is 8.16. The highest BCUT2D eigenvalue weighted by atomic mass is 15.0. The number of nitrogens with one attached hydrogen (secondary N) is 2. The van der Waals surface area contributed by atoms with Gasteiger partial charge in [0, 0.05) is 22.5 Å². The fraction of sp³-hybridized carbons (Fsp3) is 0.0952. The maximum Gasteiger partial charge on any atom is 0.102 e. The second kappa shape index (κ2) is 12.4. The van der Waals surface area contributed by atoms with E-state index < -0.39 is 0 Å². The van der Waals surface area contributed by atoms with Crippen molar-refractivity contribution in [2.75, 3.05) is 10.6 Å². The quantitative estimate of drug-likeness (QED) is 0.196. The molecule has 0 aromatic heterocycles. The van der Waals surface area contributed by atoms with Gasteiger partial charge >= 0.3 is 0 Å². The van der Waals surface area contributed by atoms with Crippen LogP contribution in [0, 0.1) is 50.4 Å². The van der Waals surface area contributed by atoms with E-state index in [1.54, 1.807) is 0 Å². The van der Waals surface area contributed by atoms with Gasteiger partial charge in [0.2, 0.25) is 0 Å². The summed E-state index contributed by atoms with van der Waals surface area (Å²) < 4.78 is 0.